The van der Waals surface area contributed by atoms with Crippen molar-refractivity contribution >= 4 is 28.2 Å². The molecule has 0 saturated carbocycles. The van der Waals surface area contributed by atoms with E-state index in [-0.39, 0.29) is 5.91 Å². The van der Waals surface area contributed by atoms with Gasteiger partial charge in [-0.05, 0) is 13.0 Å². The van der Waals surface area contributed by atoms with Gasteiger partial charge in [-0.3, -0.25) is 9.20 Å². The quantitative estimate of drug-likeness (QED) is 0.525. The fourth-order valence-corrected chi connectivity index (χ4v) is 4.68. The zero-order valence-corrected chi connectivity index (χ0v) is 16.8. The number of anilines is 1. The number of hydrogen-bond acceptors (Lipinski definition) is 6. The highest BCUT2D eigenvalue weighted by Crippen LogP contribution is 2.28. The first-order chi connectivity index (χ1) is 14.2. The molecule has 29 heavy (non-hydrogen) atoms. The molecule has 0 radical (unpaired) electrons. The summed E-state index contributed by atoms with van der Waals surface area (Å²) in [6.45, 7) is 4.77. The van der Waals surface area contributed by atoms with Crippen molar-refractivity contribution in [1.82, 2.24) is 24.3 Å². The average molecular weight is 404 g/mol. The number of carbonyl (C=O) groups is 1. The lowest BCUT2D eigenvalue weighted by atomic mass is 10.2. The fourth-order valence-electron chi connectivity index (χ4n) is 3.60. The minimum Gasteiger partial charge on any atom is -0.337 e. The van der Waals surface area contributed by atoms with Crippen LogP contribution in [0.4, 0.5) is 5.95 Å². The van der Waals surface area contributed by atoms with Crippen LogP contribution < -0.4 is 4.90 Å². The molecule has 0 atom stereocenters. The third kappa shape index (κ3) is 3.25. The molecule has 1 aliphatic heterocycles. The number of thiazole rings is 1. The van der Waals surface area contributed by atoms with Gasteiger partial charge < -0.3 is 9.80 Å². The van der Waals surface area contributed by atoms with Crippen LogP contribution >= 0.6 is 11.3 Å². The third-order valence-electron chi connectivity index (χ3n) is 5.22. The summed E-state index contributed by atoms with van der Waals surface area (Å²) in [7, 11) is 0. The van der Waals surface area contributed by atoms with Crippen LogP contribution in [0.25, 0.3) is 16.2 Å². The van der Waals surface area contributed by atoms with E-state index in [9.17, 15) is 4.79 Å². The molecule has 3 aromatic heterocycles. The van der Waals surface area contributed by atoms with E-state index in [1.165, 1.54) is 11.3 Å². The van der Waals surface area contributed by atoms with Crippen molar-refractivity contribution in [3.05, 3.63) is 65.6 Å². The number of aryl methyl sites for hydroxylation is 1. The van der Waals surface area contributed by atoms with Crippen LogP contribution in [0.2, 0.25) is 0 Å². The van der Waals surface area contributed by atoms with Gasteiger partial charge in [0.15, 0.2) is 4.96 Å². The van der Waals surface area contributed by atoms with Crippen molar-refractivity contribution in [2.45, 2.75) is 6.92 Å². The molecule has 0 unspecified atom stereocenters. The molecule has 0 spiro atoms. The summed E-state index contributed by atoms with van der Waals surface area (Å²) in [5, 5.41) is 0. The van der Waals surface area contributed by atoms with Crippen LogP contribution in [0, 0.1) is 6.92 Å². The highest BCUT2D eigenvalue weighted by Gasteiger charge is 2.27. The molecule has 0 bridgehead atoms. The van der Waals surface area contributed by atoms with Gasteiger partial charge in [0, 0.05) is 56.0 Å². The Balaban J connectivity index is 1.34. The first-order valence-electron chi connectivity index (χ1n) is 9.56. The Morgan fingerprint density at radius 2 is 1.72 bits per heavy atom. The van der Waals surface area contributed by atoms with Crippen LogP contribution in [0.1, 0.15) is 15.4 Å². The smallest absolute Gasteiger partial charge is 0.265 e. The monoisotopic (exact) mass is 404 g/mol. The van der Waals surface area contributed by atoms with Crippen LogP contribution in [0.15, 0.2) is 55.0 Å². The Morgan fingerprint density at radius 3 is 2.41 bits per heavy atom. The number of nitrogens with zero attached hydrogens (tertiary/aromatic N) is 6. The first-order valence-corrected chi connectivity index (χ1v) is 10.4. The lowest BCUT2D eigenvalue weighted by Crippen LogP contribution is -2.49. The molecule has 1 fully saturated rings. The summed E-state index contributed by atoms with van der Waals surface area (Å²) in [4.78, 5) is 32.1. The second kappa shape index (κ2) is 7.29. The van der Waals surface area contributed by atoms with E-state index >= 15 is 0 Å². The van der Waals surface area contributed by atoms with E-state index in [0.29, 0.717) is 13.1 Å². The van der Waals surface area contributed by atoms with Crippen LogP contribution in [0.5, 0.6) is 0 Å². The van der Waals surface area contributed by atoms with Gasteiger partial charge in [0.2, 0.25) is 5.95 Å². The third-order valence-corrected chi connectivity index (χ3v) is 6.37. The molecule has 1 amide bonds. The first kappa shape index (κ1) is 17.8. The standard InChI is InChI=1S/C21H20N6OS/c1-15-18(29-21-24-17(14-27(15)21)16-6-3-2-4-7-16)19(28)25-10-12-26(13-11-25)20-22-8-5-9-23-20/h2-9,14H,10-13H2,1H3. The number of amides is 1. The Bertz CT molecular complexity index is 1150. The second-order valence-electron chi connectivity index (χ2n) is 6.99. The topological polar surface area (TPSA) is 66.6 Å². The Labute approximate surface area is 172 Å². The average Bonchev–Trinajstić information content (AvgIpc) is 3.34. The zero-order chi connectivity index (χ0) is 19.8. The minimum atomic E-state index is 0.0768. The number of hydrogen-bond donors (Lipinski definition) is 0. The number of benzene rings is 1. The Hall–Kier alpha value is -3.26. The van der Waals surface area contributed by atoms with Gasteiger partial charge in [-0.1, -0.05) is 41.7 Å². The number of fused-ring (bicyclic) bond motifs is 1. The van der Waals surface area contributed by atoms with E-state index in [4.69, 9.17) is 4.98 Å². The lowest BCUT2D eigenvalue weighted by Gasteiger charge is -2.34. The maximum Gasteiger partial charge on any atom is 0.265 e. The summed E-state index contributed by atoms with van der Waals surface area (Å²) in [5.74, 6) is 0.798. The van der Waals surface area contributed by atoms with Crippen LogP contribution in [-0.2, 0) is 0 Å². The van der Waals surface area contributed by atoms with Gasteiger partial charge in [0.05, 0.1) is 5.69 Å². The maximum absolute atomic E-state index is 13.1. The molecule has 1 aromatic carbocycles. The number of piperazine rings is 1. The molecule has 4 heterocycles. The summed E-state index contributed by atoms with van der Waals surface area (Å²) in [5.41, 5.74) is 2.95. The van der Waals surface area contributed by atoms with Crippen molar-refractivity contribution in [3.8, 4) is 11.3 Å². The van der Waals surface area contributed by atoms with Gasteiger partial charge in [0.25, 0.3) is 5.91 Å². The molecular formula is C21H20N6OS. The van der Waals surface area contributed by atoms with Crippen molar-refractivity contribution in [2.75, 3.05) is 31.1 Å². The van der Waals surface area contributed by atoms with Crippen LogP contribution in [0.3, 0.4) is 0 Å². The SMILES string of the molecule is Cc1c(C(=O)N2CCN(c3ncccn3)CC2)sc2nc(-c3ccccc3)cn12. The molecule has 7 nitrogen and oxygen atoms in total. The molecule has 0 aliphatic carbocycles. The molecule has 1 saturated heterocycles. The van der Waals surface area contributed by atoms with E-state index in [1.54, 1.807) is 12.4 Å². The molecular weight excluding hydrogens is 384 g/mol. The summed E-state index contributed by atoms with van der Waals surface area (Å²) in [6.07, 6.45) is 5.50. The summed E-state index contributed by atoms with van der Waals surface area (Å²) in [6, 6.07) is 11.9. The van der Waals surface area contributed by atoms with Crippen molar-refractivity contribution in [3.63, 3.8) is 0 Å². The number of carbonyl (C=O) groups excluding carboxylic acids is 1. The molecule has 4 aromatic rings. The van der Waals surface area contributed by atoms with Gasteiger partial charge in [0.1, 0.15) is 4.88 Å². The predicted octanol–water partition coefficient (Wildman–Crippen LogP) is 3.12. The Morgan fingerprint density at radius 1 is 1.00 bits per heavy atom. The predicted molar refractivity (Wildman–Crippen MR) is 113 cm³/mol. The molecule has 8 heteroatoms. The summed E-state index contributed by atoms with van der Waals surface area (Å²) >= 11 is 1.46. The van der Waals surface area contributed by atoms with Gasteiger partial charge >= 0.3 is 0 Å². The molecule has 5 rings (SSSR count). The van der Waals surface area contributed by atoms with E-state index in [0.717, 1.165) is 45.8 Å². The molecule has 146 valence electrons. The fraction of sp³-hybridized carbons (Fsp3) is 0.238. The number of aromatic nitrogens is 4. The van der Waals surface area contributed by atoms with E-state index < -0.39 is 0 Å². The molecule has 1 aliphatic rings. The van der Waals surface area contributed by atoms with Gasteiger partial charge in [-0.15, -0.1) is 0 Å². The largest absolute Gasteiger partial charge is 0.337 e. The lowest BCUT2D eigenvalue weighted by molar-refractivity contribution is 0.0750. The van der Waals surface area contributed by atoms with Crippen LogP contribution in [-0.4, -0.2) is 56.3 Å². The van der Waals surface area contributed by atoms with Gasteiger partial charge in [-0.2, -0.15) is 0 Å². The summed E-state index contributed by atoms with van der Waals surface area (Å²) < 4.78 is 2.02. The maximum atomic E-state index is 13.1. The van der Waals surface area contributed by atoms with Crippen molar-refractivity contribution in [1.29, 1.82) is 0 Å². The van der Waals surface area contributed by atoms with E-state index in [2.05, 4.69) is 14.9 Å². The van der Waals surface area contributed by atoms with Crippen molar-refractivity contribution < 1.29 is 4.79 Å². The van der Waals surface area contributed by atoms with Gasteiger partial charge in [-0.25, -0.2) is 15.0 Å². The highest BCUT2D eigenvalue weighted by atomic mass is 32.1. The van der Waals surface area contributed by atoms with E-state index in [1.807, 2.05) is 58.8 Å². The zero-order valence-electron chi connectivity index (χ0n) is 16.0. The second-order valence-corrected chi connectivity index (χ2v) is 7.97. The highest BCUT2D eigenvalue weighted by molar-refractivity contribution is 7.19. The minimum absolute atomic E-state index is 0.0768. The van der Waals surface area contributed by atoms with Crippen molar-refractivity contribution in [2.24, 2.45) is 0 Å². The number of rotatable bonds is 3. The molecule has 0 N–H and O–H groups in total. The normalized spacial score (nSPS) is 14.5. The Kier molecular flexibility index (Phi) is 4.48. The number of imidazole rings is 1.